The Morgan fingerprint density at radius 2 is 1.02 bits per heavy atom. The molecule has 0 radical (unpaired) electrons. The molecule has 2 aliphatic heterocycles. The van der Waals surface area contributed by atoms with Crippen molar-refractivity contribution in [2.45, 2.75) is 9.11 Å². The van der Waals surface area contributed by atoms with Gasteiger partial charge in [-0.25, -0.2) is 4.98 Å². The van der Waals surface area contributed by atoms with Crippen LogP contribution in [0.2, 0.25) is 0 Å². The van der Waals surface area contributed by atoms with Gasteiger partial charge in [-0.05, 0) is 12.1 Å². The molecular formula is C43H34IrN6. The van der Waals surface area contributed by atoms with Crippen molar-refractivity contribution in [1.29, 1.82) is 0 Å². The number of fused-ring (bicyclic) bond motifs is 2. The molecule has 6 nitrogen and oxygen atoms in total. The summed E-state index contributed by atoms with van der Waals surface area (Å²) in [4.78, 5) is 13.6. The van der Waals surface area contributed by atoms with Crippen molar-refractivity contribution < 1.29 is 17.7 Å². The number of nitrogens with zero attached hydrogens (tertiary/aromatic N) is 5. The zero-order chi connectivity index (χ0) is 33.5. The molecule has 0 bridgehead atoms. The van der Waals surface area contributed by atoms with Crippen molar-refractivity contribution in [3.63, 3.8) is 0 Å². The van der Waals surface area contributed by atoms with E-state index in [2.05, 4.69) is 164 Å². The van der Waals surface area contributed by atoms with Crippen molar-refractivity contribution in [3.05, 3.63) is 199 Å². The van der Waals surface area contributed by atoms with E-state index in [-0.39, 0.29) is 0 Å². The van der Waals surface area contributed by atoms with Crippen LogP contribution < -0.4 is 9.80 Å². The molecule has 2 atom stereocenters. The van der Waals surface area contributed by atoms with Crippen LogP contribution in [0.25, 0.3) is 35.1 Å². The normalized spacial score (nSPS) is 15.9. The fraction of sp³-hybridized carbons (Fsp3) is 0.0465. The van der Waals surface area contributed by atoms with Crippen LogP contribution in [-0.4, -0.2) is 20.2 Å². The van der Waals surface area contributed by atoms with Crippen molar-refractivity contribution in [1.82, 2.24) is 20.2 Å². The largest absolute Gasteiger partial charge is 0.257 e. The smallest absolute Gasteiger partial charge is 0.181 e. The third kappa shape index (κ3) is 6.70. The van der Waals surface area contributed by atoms with Crippen molar-refractivity contribution in [3.8, 4) is 22.9 Å². The van der Waals surface area contributed by atoms with Gasteiger partial charge in [-0.1, -0.05) is 36.4 Å². The Kier molecular flexibility index (Phi) is 9.23. The maximum absolute atomic E-state index is 4.42. The number of aromatic nitrogens is 4. The van der Waals surface area contributed by atoms with E-state index in [4.69, 9.17) is 0 Å². The number of rotatable bonds is 6. The zero-order valence-electron chi connectivity index (χ0n) is 27.1. The molecule has 2 aromatic heterocycles. The molecule has 0 fully saturated rings. The predicted octanol–water partition coefficient (Wildman–Crippen LogP) is 9.98. The SMILES string of the molecule is C1=CN(c2ccccc2)[CH]([Ir][CH]2c3ccccc3C=CN2c2ccccc2)c2ccccc21.c1ccc(-c2n[nH]c(-c3ccccn3)n2)cc1. The first-order valence-corrected chi connectivity index (χ1v) is 19.3. The molecule has 50 heavy (non-hydrogen) atoms. The van der Waals surface area contributed by atoms with Crippen LogP contribution in [0.4, 0.5) is 11.4 Å². The number of benzene rings is 5. The minimum absolute atomic E-state index is 0.351. The van der Waals surface area contributed by atoms with Crippen LogP contribution in [0.3, 0.4) is 0 Å². The van der Waals surface area contributed by atoms with E-state index in [1.807, 2.05) is 48.5 Å². The number of nitrogens with one attached hydrogen (secondary N) is 1. The Labute approximate surface area is 300 Å². The number of hydrogen-bond donors (Lipinski definition) is 1. The molecule has 0 saturated heterocycles. The van der Waals surface area contributed by atoms with Gasteiger partial charge in [-0.3, -0.25) is 10.1 Å². The van der Waals surface area contributed by atoms with Crippen LogP contribution in [0, 0.1) is 0 Å². The van der Waals surface area contributed by atoms with Crippen molar-refractivity contribution >= 4 is 23.5 Å². The van der Waals surface area contributed by atoms with Gasteiger partial charge in [0.25, 0.3) is 0 Å². The van der Waals surface area contributed by atoms with Gasteiger partial charge < -0.3 is 0 Å². The summed E-state index contributed by atoms with van der Waals surface area (Å²) < 4.78 is 0.703. The Hall–Kier alpha value is -5.88. The number of para-hydroxylation sites is 2. The Bertz CT molecular complexity index is 2060. The molecule has 5 aromatic carbocycles. The van der Waals surface area contributed by atoms with Crippen LogP contribution in [0.15, 0.2) is 176 Å². The topological polar surface area (TPSA) is 60.9 Å². The van der Waals surface area contributed by atoms with Crippen LogP contribution in [0.5, 0.6) is 0 Å². The molecule has 2 unspecified atom stereocenters. The van der Waals surface area contributed by atoms with Gasteiger partial charge in [0.1, 0.15) is 5.69 Å². The van der Waals surface area contributed by atoms with Gasteiger partial charge in [0.2, 0.25) is 0 Å². The molecule has 1 N–H and O–H groups in total. The summed E-state index contributed by atoms with van der Waals surface area (Å²) in [5.41, 5.74) is 9.83. The average molecular weight is 827 g/mol. The maximum Gasteiger partial charge on any atom is 0.181 e. The number of anilines is 2. The third-order valence-corrected chi connectivity index (χ3v) is 12.8. The molecule has 7 heteroatoms. The number of H-pyrrole nitrogens is 1. The first kappa shape index (κ1) is 31.4. The Balaban J connectivity index is 0.000000178. The second kappa shape index (κ2) is 14.7. The number of hydrogen-bond acceptors (Lipinski definition) is 5. The summed E-state index contributed by atoms with van der Waals surface area (Å²) in [6.45, 7) is 0. The maximum atomic E-state index is 4.42. The van der Waals surface area contributed by atoms with E-state index >= 15 is 0 Å². The van der Waals surface area contributed by atoms with Gasteiger partial charge in [-0.15, -0.1) is 0 Å². The number of aromatic amines is 1. The molecule has 0 aliphatic carbocycles. The summed E-state index contributed by atoms with van der Waals surface area (Å²) in [6.07, 6.45) is 10.8. The van der Waals surface area contributed by atoms with E-state index in [1.165, 1.54) is 33.6 Å². The van der Waals surface area contributed by atoms with E-state index in [1.54, 1.807) is 6.20 Å². The third-order valence-electron chi connectivity index (χ3n) is 8.51. The monoisotopic (exact) mass is 827 g/mol. The molecular weight excluding hydrogens is 793 g/mol. The molecule has 0 saturated carbocycles. The molecule has 7 aromatic rings. The van der Waals surface area contributed by atoms with E-state index < -0.39 is 17.7 Å². The van der Waals surface area contributed by atoms with E-state index in [0.717, 1.165) is 11.3 Å². The molecule has 2 aliphatic rings. The fourth-order valence-corrected chi connectivity index (χ4v) is 10.8. The summed E-state index contributed by atoms with van der Waals surface area (Å²) in [7, 11) is 0. The van der Waals surface area contributed by atoms with Crippen LogP contribution in [-0.2, 0) is 17.7 Å². The fourth-order valence-electron chi connectivity index (χ4n) is 6.04. The molecule has 245 valence electrons. The van der Waals surface area contributed by atoms with Gasteiger partial charge in [0, 0.05) is 11.8 Å². The molecule has 9 rings (SSSR count). The second-order valence-electron chi connectivity index (χ2n) is 11.7. The average Bonchev–Trinajstić information content (AvgIpc) is 3.71. The first-order chi connectivity index (χ1) is 24.8. The van der Waals surface area contributed by atoms with Gasteiger partial charge in [0.05, 0.1) is 0 Å². The molecule has 4 heterocycles. The quantitative estimate of drug-likeness (QED) is 0.181. The van der Waals surface area contributed by atoms with Gasteiger partial charge in [0.15, 0.2) is 11.6 Å². The Morgan fingerprint density at radius 3 is 1.56 bits per heavy atom. The Morgan fingerprint density at radius 1 is 0.520 bits per heavy atom. The van der Waals surface area contributed by atoms with E-state index in [0.29, 0.717) is 20.8 Å². The summed E-state index contributed by atoms with van der Waals surface area (Å²) >= 11 is -0.561. The predicted molar refractivity (Wildman–Crippen MR) is 199 cm³/mol. The summed E-state index contributed by atoms with van der Waals surface area (Å²) in [5, 5.41) is 7.08. The number of pyridine rings is 1. The minimum atomic E-state index is -0.561. The first-order valence-electron chi connectivity index (χ1n) is 16.5. The summed E-state index contributed by atoms with van der Waals surface area (Å²) in [6, 6.07) is 55.0. The zero-order valence-corrected chi connectivity index (χ0v) is 29.5. The van der Waals surface area contributed by atoms with Crippen molar-refractivity contribution in [2.75, 3.05) is 9.80 Å². The van der Waals surface area contributed by atoms with Gasteiger partial charge >= 0.3 is 204 Å². The van der Waals surface area contributed by atoms with Crippen LogP contribution in [0.1, 0.15) is 31.4 Å². The molecule has 0 amide bonds. The van der Waals surface area contributed by atoms with E-state index in [9.17, 15) is 0 Å². The second-order valence-corrected chi connectivity index (χ2v) is 15.1. The minimum Gasteiger partial charge on any atom is -0.257 e. The van der Waals surface area contributed by atoms with Gasteiger partial charge in [-0.2, -0.15) is 5.10 Å². The standard InChI is InChI=1S/2C15H12N.C13H10N4.Ir/c2*1-2-8-15(9-3-1)16-11-10-13-6-4-5-7-14(13)12-16;1-2-6-10(7-3-1)12-15-13(17-16-12)11-8-4-5-9-14-11;/h2*1-12H;1-9H,(H,15,16,17);. The summed E-state index contributed by atoms with van der Waals surface area (Å²) in [5.74, 6) is 1.37. The molecule has 0 spiro atoms. The van der Waals surface area contributed by atoms with Crippen molar-refractivity contribution in [2.24, 2.45) is 0 Å². The van der Waals surface area contributed by atoms with Crippen LogP contribution >= 0.6 is 0 Å².